The Bertz CT molecular complexity index is 601. The van der Waals surface area contributed by atoms with Crippen LogP contribution in [0.1, 0.15) is 30.4 Å². The van der Waals surface area contributed by atoms with Gasteiger partial charge in [-0.1, -0.05) is 5.16 Å². The minimum atomic E-state index is 0.293. The molecular weight excluding hydrogens is 240 g/mol. The fraction of sp³-hybridized carbons (Fsp3) is 0.429. The number of unbranched alkanes of at least 4 members (excludes halogenated alkanes) is 1. The monoisotopic (exact) mass is 260 g/mol. The van der Waals surface area contributed by atoms with Crippen LogP contribution < -0.4 is 5.73 Å². The van der Waals surface area contributed by atoms with E-state index in [9.17, 15) is 0 Å². The number of fused-ring (bicyclic) bond motifs is 1. The largest absolute Gasteiger partial charge is 0.409 e. The molecule has 2 rings (SSSR count). The first-order chi connectivity index (χ1) is 9.11. The topological polar surface area (TPSA) is 76.4 Å². The fourth-order valence-corrected chi connectivity index (χ4v) is 2.13. The molecule has 1 heterocycles. The van der Waals surface area contributed by atoms with E-state index in [4.69, 9.17) is 10.9 Å². The maximum Gasteiger partial charge on any atom is 0.139 e. The van der Waals surface area contributed by atoms with Gasteiger partial charge in [0, 0.05) is 13.0 Å². The molecule has 0 aliphatic heterocycles. The van der Waals surface area contributed by atoms with Crippen LogP contribution in [0.5, 0.6) is 0 Å². The lowest BCUT2D eigenvalue weighted by molar-refractivity contribution is 0.316. The summed E-state index contributed by atoms with van der Waals surface area (Å²) >= 11 is 0. The normalized spacial score (nSPS) is 12.2. The Morgan fingerprint density at radius 2 is 2.05 bits per heavy atom. The summed E-state index contributed by atoms with van der Waals surface area (Å²) in [5, 5.41) is 11.4. The van der Waals surface area contributed by atoms with Crippen molar-refractivity contribution in [3.8, 4) is 0 Å². The summed E-state index contributed by atoms with van der Waals surface area (Å²) in [4.78, 5) is 4.43. The fourth-order valence-electron chi connectivity index (χ4n) is 2.13. The van der Waals surface area contributed by atoms with Crippen molar-refractivity contribution in [1.82, 2.24) is 9.55 Å². The number of aryl methyl sites for hydroxylation is 3. The number of amidine groups is 1. The molecule has 2 aromatic rings. The second-order valence-corrected chi connectivity index (χ2v) is 4.91. The Morgan fingerprint density at radius 1 is 1.32 bits per heavy atom. The summed E-state index contributed by atoms with van der Waals surface area (Å²) in [5.41, 5.74) is 10.2. The lowest BCUT2D eigenvalue weighted by atomic mass is 10.1. The average molecular weight is 260 g/mol. The molecular formula is C14H20N4O. The third-order valence-electron chi connectivity index (χ3n) is 3.45. The predicted molar refractivity (Wildman–Crippen MR) is 76.5 cm³/mol. The van der Waals surface area contributed by atoms with Crippen molar-refractivity contribution < 1.29 is 5.21 Å². The van der Waals surface area contributed by atoms with Crippen molar-refractivity contribution in [2.45, 2.75) is 39.7 Å². The summed E-state index contributed by atoms with van der Waals surface area (Å²) < 4.78 is 2.16. The maximum absolute atomic E-state index is 8.46. The van der Waals surface area contributed by atoms with Gasteiger partial charge in [-0.05, 0) is 49.9 Å². The molecule has 0 amide bonds. The number of imidazole rings is 1. The van der Waals surface area contributed by atoms with Gasteiger partial charge in [0.25, 0.3) is 0 Å². The zero-order chi connectivity index (χ0) is 13.8. The lowest BCUT2D eigenvalue weighted by Crippen LogP contribution is -2.11. The van der Waals surface area contributed by atoms with E-state index in [0.717, 1.165) is 24.9 Å². The predicted octanol–water partition coefficient (Wildman–Crippen LogP) is 2.57. The molecule has 0 atom stereocenters. The van der Waals surface area contributed by atoms with Gasteiger partial charge in [0.1, 0.15) is 5.84 Å². The van der Waals surface area contributed by atoms with E-state index in [0.29, 0.717) is 12.3 Å². The molecule has 0 aliphatic carbocycles. The van der Waals surface area contributed by atoms with Crippen molar-refractivity contribution in [3.63, 3.8) is 0 Å². The number of nitrogens with two attached hydrogens (primary N) is 1. The molecule has 0 bridgehead atoms. The summed E-state index contributed by atoms with van der Waals surface area (Å²) in [5.74, 6) is 0.293. The second-order valence-electron chi connectivity index (χ2n) is 4.91. The van der Waals surface area contributed by atoms with Gasteiger partial charge in [0.2, 0.25) is 0 Å². The van der Waals surface area contributed by atoms with Gasteiger partial charge in [0.15, 0.2) is 0 Å². The van der Waals surface area contributed by atoms with Crippen molar-refractivity contribution in [3.05, 3.63) is 29.6 Å². The highest BCUT2D eigenvalue weighted by molar-refractivity contribution is 5.79. The van der Waals surface area contributed by atoms with Gasteiger partial charge in [-0.3, -0.25) is 0 Å². The standard InChI is InChI=1S/C14H20N4O/c1-10-7-12-13(8-11(10)2)18(9-16-12)6-4-3-5-14(15)17-19/h7-9,19H,3-6H2,1-2H3,(H2,15,17). The smallest absolute Gasteiger partial charge is 0.139 e. The van der Waals surface area contributed by atoms with E-state index in [1.54, 1.807) is 0 Å². The molecule has 0 unspecified atom stereocenters. The van der Waals surface area contributed by atoms with Crippen LogP contribution in [-0.2, 0) is 6.54 Å². The Morgan fingerprint density at radius 3 is 2.79 bits per heavy atom. The van der Waals surface area contributed by atoms with E-state index in [-0.39, 0.29) is 0 Å². The average Bonchev–Trinajstić information content (AvgIpc) is 2.77. The molecule has 5 nitrogen and oxygen atoms in total. The van der Waals surface area contributed by atoms with Crippen LogP contribution in [-0.4, -0.2) is 20.6 Å². The molecule has 1 aromatic carbocycles. The number of nitrogens with zero attached hydrogens (tertiary/aromatic N) is 3. The number of benzene rings is 1. The van der Waals surface area contributed by atoms with Gasteiger partial charge >= 0.3 is 0 Å². The highest BCUT2D eigenvalue weighted by atomic mass is 16.4. The molecule has 0 saturated carbocycles. The van der Waals surface area contributed by atoms with Gasteiger partial charge in [-0.25, -0.2) is 4.98 Å². The van der Waals surface area contributed by atoms with E-state index < -0.39 is 0 Å². The molecule has 5 heteroatoms. The third-order valence-corrected chi connectivity index (χ3v) is 3.45. The van der Waals surface area contributed by atoms with Crippen LogP contribution in [0, 0.1) is 13.8 Å². The Labute approximate surface area is 112 Å². The van der Waals surface area contributed by atoms with Gasteiger partial charge in [-0.2, -0.15) is 0 Å². The minimum absolute atomic E-state index is 0.293. The van der Waals surface area contributed by atoms with E-state index in [2.05, 4.69) is 40.7 Å². The van der Waals surface area contributed by atoms with Crippen LogP contribution in [0.2, 0.25) is 0 Å². The van der Waals surface area contributed by atoms with Gasteiger partial charge in [0.05, 0.1) is 17.4 Å². The summed E-state index contributed by atoms with van der Waals surface area (Å²) in [6.45, 7) is 5.12. The molecule has 3 N–H and O–H groups in total. The first-order valence-corrected chi connectivity index (χ1v) is 6.50. The summed E-state index contributed by atoms with van der Waals surface area (Å²) in [7, 11) is 0. The summed E-state index contributed by atoms with van der Waals surface area (Å²) in [6.07, 6.45) is 4.39. The molecule has 19 heavy (non-hydrogen) atoms. The van der Waals surface area contributed by atoms with Crippen LogP contribution in [0.3, 0.4) is 0 Å². The Hall–Kier alpha value is -2.04. The van der Waals surface area contributed by atoms with E-state index >= 15 is 0 Å². The van der Waals surface area contributed by atoms with Crippen LogP contribution in [0.25, 0.3) is 11.0 Å². The molecule has 0 aliphatic rings. The maximum atomic E-state index is 8.46. The zero-order valence-electron chi connectivity index (χ0n) is 11.4. The molecule has 0 spiro atoms. The van der Waals surface area contributed by atoms with Crippen molar-refractivity contribution >= 4 is 16.9 Å². The first kappa shape index (κ1) is 13.4. The first-order valence-electron chi connectivity index (χ1n) is 6.50. The number of oxime groups is 1. The SMILES string of the molecule is Cc1cc2ncn(CCCC/C(N)=N/O)c2cc1C. The molecule has 1 aromatic heterocycles. The highest BCUT2D eigenvalue weighted by Gasteiger charge is 2.04. The molecule has 0 radical (unpaired) electrons. The van der Waals surface area contributed by atoms with Crippen LogP contribution in [0.4, 0.5) is 0 Å². The third kappa shape index (κ3) is 3.05. The summed E-state index contributed by atoms with van der Waals surface area (Å²) in [6, 6.07) is 4.30. The molecule has 102 valence electrons. The highest BCUT2D eigenvalue weighted by Crippen LogP contribution is 2.18. The molecule has 0 saturated heterocycles. The lowest BCUT2D eigenvalue weighted by Gasteiger charge is -2.06. The quantitative estimate of drug-likeness (QED) is 0.285. The number of hydrogen-bond acceptors (Lipinski definition) is 3. The number of aromatic nitrogens is 2. The molecule has 0 fully saturated rings. The number of rotatable bonds is 5. The van der Waals surface area contributed by atoms with E-state index in [1.165, 1.54) is 16.6 Å². The Kier molecular flexibility index (Phi) is 4.04. The minimum Gasteiger partial charge on any atom is -0.409 e. The Balaban J connectivity index is 2.03. The van der Waals surface area contributed by atoms with Gasteiger partial charge in [-0.15, -0.1) is 0 Å². The van der Waals surface area contributed by atoms with Crippen molar-refractivity contribution in [2.24, 2.45) is 10.9 Å². The van der Waals surface area contributed by atoms with Crippen molar-refractivity contribution in [2.75, 3.05) is 0 Å². The van der Waals surface area contributed by atoms with Gasteiger partial charge < -0.3 is 15.5 Å². The van der Waals surface area contributed by atoms with E-state index in [1.807, 2.05) is 6.33 Å². The number of hydrogen-bond donors (Lipinski definition) is 2. The zero-order valence-corrected chi connectivity index (χ0v) is 11.4. The van der Waals surface area contributed by atoms with Crippen LogP contribution in [0.15, 0.2) is 23.6 Å². The second kappa shape index (κ2) is 5.73. The van der Waals surface area contributed by atoms with Crippen LogP contribution >= 0.6 is 0 Å². The van der Waals surface area contributed by atoms with Crippen molar-refractivity contribution in [1.29, 1.82) is 0 Å².